The van der Waals surface area contributed by atoms with Crippen molar-refractivity contribution < 1.29 is 4.79 Å². The van der Waals surface area contributed by atoms with Crippen molar-refractivity contribution in [2.24, 2.45) is 0 Å². The Bertz CT molecular complexity index is 349. The molecule has 0 heterocycles. The molecular formula is C11H12ClNO. The maximum Gasteiger partial charge on any atom is 0.243 e. The first-order chi connectivity index (χ1) is 6.65. The van der Waals surface area contributed by atoms with Gasteiger partial charge in [0, 0.05) is 5.02 Å². The summed E-state index contributed by atoms with van der Waals surface area (Å²) in [6.45, 7) is 5.26. The Morgan fingerprint density at radius 3 is 2.79 bits per heavy atom. The molecule has 1 atom stereocenters. The fourth-order valence-electron chi connectivity index (χ4n) is 1.18. The highest BCUT2D eigenvalue weighted by molar-refractivity contribution is 6.31. The second-order valence-electron chi connectivity index (χ2n) is 2.96. The van der Waals surface area contributed by atoms with Gasteiger partial charge in [-0.1, -0.05) is 36.4 Å². The van der Waals surface area contributed by atoms with E-state index in [4.69, 9.17) is 11.6 Å². The van der Waals surface area contributed by atoms with Crippen molar-refractivity contribution in [2.75, 3.05) is 0 Å². The summed E-state index contributed by atoms with van der Waals surface area (Å²) >= 11 is 5.97. The van der Waals surface area contributed by atoms with Crippen LogP contribution in [0.3, 0.4) is 0 Å². The average Bonchev–Trinajstić information content (AvgIpc) is 2.18. The predicted octanol–water partition coefficient (Wildman–Crippen LogP) is 2.70. The van der Waals surface area contributed by atoms with Crippen LogP contribution in [0.5, 0.6) is 0 Å². The van der Waals surface area contributed by atoms with E-state index in [0.29, 0.717) is 5.02 Å². The van der Waals surface area contributed by atoms with Crippen molar-refractivity contribution in [1.29, 1.82) is 0 Å². The number of benzene rings is 1. The van der Waals surface area contributed by atoms with Gasteiger partial charge in [-0.3, -0.25) is 4.79 Å². The smallest absolute Gasteiger partial charge is 0.243 e. The van der Waals surface area contributed by atoms with E-state index in [1.54, 1.807) is 6.07 Å². The zero-order chi connectivity index (χ0) is 10.6. The van der Waals surface area contributed by atoms with Crippen molar-refractivity contribution in [2.45, 2.75) is 13.0 Å². The van der Waals surface area contributed by atoms with E-state index in [-0.39, 0.29) is 11.9 Å². The number of carbonyl (C=O) groups is 1. The molecule has 0 aromatic heterocycles. The first kappa shape index (κ1) is 10.8. The standard InChI is InChI=1S/C11H12ClNO/c1-3-11(14)13-8(2)9-6-4-5-7-10(9)12/h3-8H,1H2,2H3,(H,13,14)/t8-/m0/s1. The number of halogens is 1. The Labute approximate surface area is 88.6 Å². The Hall–Kier alpha value is -1.28. The molecule has 0 spiro atoms. The van der Waals surface area contributed by atoms with E-state index in [2.05, 4.69) is 11.9 Å². The number of amides is 1. The van der Waals surface area contributed by atoms with Crippen molar-refractivity contribution in [3.8, 4) is 0 Å². The molecular weight excluding hydrogens is 198 g/mol. The summed E-state index contributed by atoms with van der Waals surface area (Å²) in [5.74, 6) is -0.197. The lowest BCUT2D eigenvalue weighted by Crippen LogP contribution is -2.24. The lowest BCUT2D eigenvalue weighted by atomic mass is 10.1. The van der Waals surface area contributed by atoms with Gasteiger partial charge >= 0.3 is 0 Å². The van der Waals surface area contributed by atoms with Crippen molar-refractivity contribution in [1.82, 2.24) is 5.32 Å². The zero-order valence-corrected chi connectivity index (χ0v) is 8.71. The van der Waals surface area contributed by atoms with Gasteiger partial charge in [0.05, 0.1) is 6.04 Å². The highest BCUT2D eigenvalue weighted by Crippen LogP contribution is 2.21. The van der Waals surface area contributed by atoms with E-state index >= 15 is 0 Å². The molecule has 1 N–H and O–H groups in total. The molecule has 1 rings (SSSR count). The molecule has 14 heavy (non-hydrogen) atoms. The van der Waals surface area contributed by atoms with Gasteiger partial charge in [0.15, 0.2) is 0 Å². The van der Waals surface area contributed by atoms with Crippen molar-refractivity contribution >= 4 is 17.5 Å². The third kappa shape index (κ3) is 2.60. The van der Waals surface area contributed by atoms with Crippen LogP contribution in [0.25, 0.3) is 0 Å². The Balaban J connectivity index is 2.79. The zero-order valence-electron chi connectivity index (χ0n) is 7.96. The second kappa shape index (κ2) is 4.82. The predicted molar refractivity (Wildman–Crippen MR) is 58.2 cm³/mol. The van der Waals surface area contributed by atoms with Crippen LogP contribution in [0.15, 0.2) is 36.9 Å². The first-order valence-corrected chi connectivity index (χ1v) is 4.70. The van der Waals surface area contributed by atoms with Crippen LogP contribution in [0.2, 0.25) is 5.02 Å². The van der Waals surface area contributed by atoms with Crippen molar-refractivity contribution in [3.63, 3.8) is 0 Å². The molecule has 74 valence electrons. The normalized spacial score (nSPS) is 11.9. The molecule has 2 nitrogen and oxygen atoms in total. The number of nitrogens with one attached hydrogen (secondary N) is 1. The fraction of sp³-hybridized carbons (Fsp3) is 0.182. The Morgan fingerprint density at radius 2 is 2.21 bits per heavy atom. The van der Waals surface area contributed by atoms with Crippen LogP contribution < -0.4 is 5.32 Å². The number of carbonyl (C=O) groups excluding carboxylic acids is 1. The summed E-state index contributed by atoms with van der Waals surface area (Å²) in [6, 6.07) is 7.32. The molecule has 0 aliphatic carbocycles. The van der Waals surface area contributed by atoms with E-state index in [0.717, 1.165) is 5.56 Å². The number of hydrogen-bond acceptors (Lipinski definition) is 1. The number of rotatable bonds is 3. The SMILES string of the molecule is C=CC(=O)N[C@@H](C)c1ccccc1Cl. The summed E-state index contributed by atoms with van der Waals surface area (Å²) in [6.07, 6.45) is 1.24. The van der Waals surface area contributed by atoms with Crippen LogP contribution in [0, 0.1) is 0 Å². The molecule has 1 amide bonds. The molecule has 0 radical (unpaired) electrons. The monoisotopic (exact) mass is 209 g/mol. The minimum Gasteiger partial charge on any atom is -0.346 e. The van der Waals surface area contributed by atoms with Gasteiger partial charge in [-0.25, -0.2) is 0 Å². The Morgan fingerprint density at radius 1 is 1.57 bits per heavy atom. The van der Waals surface area contributed by atoms with Crippen LogP contribution in [-0.2, 0) is 4.79 Å². The first-order valence-electron chi connectivity index (χ1n) is 4.32. The molecule has 0 aliphatic rings. The van der Waals surface area contributed by atoms with Crippen molar-refractivity contribution in [3.05, 3.63) is 47.5 Å². The quantitative estimate of drug-likeness (QED) is 0.762. The molecule has 1 aromatic rings. The number of hydrogen-bond donors (Lipinski definition) is 1. The third-order valence-corrected chi connectivity index (χ3v) is 2.26. The van der Waals surface area contributed by atoms with Gasteiger partial charge in [-0.05, 0) is 24.6 Å². The van der Waals surface area contributed by atoms with Gasteiger partial charge in [0.25, 0.3) is 0 Å². The third-order valence-electron chi connectivity index (χ3n) is 1.92. The van der Waals surface area contributed by atoms with Crippen LogP contribution >= 0.6 is 11.6 Å². The minimum absolute atomic E-state index is 0.103. The van der Waals surface area contributed by atoms with Crippen LogP contribution in [-0.4, -0.2) is 5.91 Å². The van der Waals surface area contributed by atoms with Gasteiger partial charge in [0.1, 0.15) is 0 Å². The van der Waals surface area contributed by atoms with E-state index < -0.39 is 0 Å². The molecule has 0 fully saturated rings. The molecule has 3 heteroatoms. The highest BCUT2D eigenvalue weighted by Gasteiger charge is 2.09. The second-order valence-corrected chi connectivity index (χ2v) is 3.36. The summed E-state index contributed by atoms with van der Waals surface area (Å²) in [5.41, 5.74) is 0.907. The summed E-state index contributed by atoms with van der Waals surface area (Å²) < 4.78 is 0. The molecule has 0 saturated carbocycles. The van der Waals surface area contributed by atoms with Gasteiger partial charge < -0.3 is 5.32 Å². The summed E-state index contributed by atoms with van der Waals surface area (Å²) in [7, 11) is 0. The fourth-order valence-corrected chi connectivity index (χ4v) is 1.48. The molecule has 0 bridgehead atoms. The minimum atomic E-state index is -0.197. The summed E-state index contributed by atoms with van der Waals surface area (Å²) in [4.78, 5) is 11.0. The molecule has 1 aromatic carbocycles. The lowest BCUT2D eigenvalue weighted by Gasteiger charge is -2.14. The molecule has 0 aliphatic heterocycles. The Kier molecular flexibility index (Phi) is 3.72. The largest absolute Gasteiger partial charge is 0.346 e. The maximum atomic E-state index is 11.0. The van der Waals surface area contributed by atoms with Gasteiger partial charge in [-0.2, -0.15) is 0 Å². The van der Waals surface area contributed by atoms with E-state index in [9.17, 15) is 4.79 Å². The average molecular weight is 210 g/mol. The van der Waals surface area contributed by atoms with Crippen LogP contribution in [0.4, 0.5) is 0 Å². The lowest BCUT2D eigenvalue weighted by molar-refractivity contribution is -0.117. The molecule has 0 saturated heterocycles. The van der Waals surface area contributed by atoms with Crippen LogP contribution in [0.1, 0.15) is 18.5 Å². The molecule has 0 unspecified atom stereocenters. The summed E-state index contributed by atoms with van der Waals surface area (Å²) in [5, 5.41) is 3.40. The van der Waals surface area contributed by atoms with E-state index in [1.807, 2.05) is 25.1 Å². The van der Waals surface area contributed by atoms with E-state index in [1.165, 1.54) is 6.08 Å². The maximum absolute atomic E-state index is 11.0. The van der Waals surface area contributed by atoms with Gasteiger partial charge in [-0.15, -0.1) is 0 Å². The van der Waals surface area contributed by atoms with Gasteiger partial charge in [0.2, 0.25) is 5.91 Å². The topological polar surface area (TPSA) is 29.1 Å². The highest BCUT2D eigenvalue weighted by atomic mass is 35.5.